The van der Waals surface area contributed by atoms with Crippen molar-refractivity contribution in [3.05, 3.63) is 29.8 Å². The highest BCUT2D eigenvalue weighted by molar-refractivity contribution is 5.77. The Labute approximate surface area is 127 Å². The lowest BCUT2D eigenvalue weighted by Crippen LogP contribution is -2.50. The van der Waals surface area contributed by atoms with E-state index in [1.54, 1.807) is 0 Å². The van der Waals surface area contributed by atoms with Gasteiger partial charge in [0, 0.05) is 12.0 Å². The summed E-state index contributed by atoms with van der Waals surface area (Å²) in [7, 11) is 0. The molecule has 1 fully saturated rings. The van der Waals surface area contributed by atoms with Crippen molar-refractivity contribution in [1.29, 1.82) is 0 Å². The molecule has 0 aromatic heterocycles. The molecule has 1 saturated carbocycles. The Morgan fingerprint density at radius 1 is 1.29 bits per heavy atom. The van der Waals surface area contributed by atoms with Crippen molar-refractivity contribution in [1.82, 2.24) is 5.32 Å². The number of hydrogen-bond acceptors (Lipinski definition) is 3. The zero-order chi connectivity index (χ0) is 15.5. The molecule has 1 aliphatic rings. The van der Waals surface area contributed by atoms with Crippen LogP contribution in [-0.2, 0) is 4.79 Å². The molecule has 0 bridgehead atoms. The second-order valence-corrected chi connectivity index (χ2v) is 6.42. The Morgan fingerprint density at radius 2 is 1.90 bits per heavy atom. The van der Waals surface area contributed by atoms with Gasteiger partial charge < -0.3 is 15.8 Å². The van der Waals surface area contributed by atoms with E-state index in [9.17, 15) is 4.79 Å². The van der Waals surface area contributed by atoms with Crippen molar-refractivity contribution in [2.75, 3.05) is 0 Å². The van der Waals surface area contributed by atoms with E-state index in [2.05, 4.69) is 5.32 Å². The Bertz CT molecular complexity index is 478. The minimum atomic E-state index is -0.265. The van der Waals surface area contributed by atoms with Gasteiger partial charge in [0.25, 0.3) is 0 Å². The molecule has 0 spiro atoms. The Kier molecular flexibility index (Phi) is 4.88. The fourth-order valence-corrected chi connectivity index (χ4v) is 2.61. The lowest BCUT2D eigenvalue weighted by molar-refractivity contribution is -0.123. The molecule has 1 aromatic rings. The van der Waals surface area contributed by atoms with E-state index in [-0.39, 0.29) is 23.6 Å². The van der Waals surface area contributed by atoms with Gasteiger partial charge in [0.05, 0.1) is 12.1 Å². The van der Waals surface area contributed by atoms with Crippen molar-refractivity contribution in [2.24, 2.45) is 5.73 Å². The van der Waals surface area contributed by atoms with E-state index in [1.807, 2.05) is 45.0 Å². The molecule has 1 atom stereocenters. The Morgan fingerprint density at radius 3 is 2.38 bits per heavy atom. The second kappa shape index (κ2) is 6.48. The number of carbonyl (C=O) groups excluding carboxylic acids is 1. The van der Waals surface area contributed by atoms with Crippen LogP contribution in [0.3, 0.4) is 0 Å². The molecule has 0 saturated heterocycles. The average molecular weight is 290 g/mol. The predicted octanol–water partition coefficient (Wildman–Crippen LogP) is 2.92. The third-order valence-corrected chi connectivity index (χ3v) is 3.99. The average Bonchev–Trinajstić information content (AvgIpc) is 2.36. The van der Waals surface area contributed by atoms with Gasteiger partial charge in [-0.2, -0.15) is 0 Å². The molecule has 1 amide bonds. The van der Waals surface area contributed by atoms with E-state index in [1.165, 1.54) is 0 Å². The SMILES string of the molecule is CC(C)Oc1ccc(C(C)NC(=O)CC2(N)CCC2)cc1. The maximum atomic E-state index is 12.0. The summed E-state index contributed by atoms with van der Waals surface area (Å²) in [6.45, 7) is 5.99. The molecular formula is C17H26N2O2. The molecule has 0 aliphatic heterocycles. The van der Waals surface area contributed by atoms with Crippen molar-refractivity contribution in [3.8, 4) is 5.75 Å². The van der Waals surface area contributed by atoms with Crippen LogP contribution < -0.4 is 15.8 Å². The zero-order valence-corrected chi connectivity index (χ0v) is 13.2. The lowest BCUT2D eigenvalue weighted by Gasteiger charge is -2.37. The van der Waals surface area contributed by atoms with Gasteiger partial charge in [-0.05, 0) is 57.7 Å². The number of benzene rings is 1. The summed E-state index contributed by atoms with van der Waals surface area (Å²) in [6, 6.07) is 7.84. The largest absolute Gasteiger partial charge is 0.491 e. The van der Waals surface area contributed by atoms with Gasteiger partial charge in [0.1, 0.15) is 5.75 Å². The van der Waals surface area contributed by atoms with Crippen LogP contribution in [0.2, 0.25) is 0 Å². The van der Waals surface area contributed by atoms with E-state index < -0.39 is 0 Å². The standard InChI is InChI=1S/C17H26N2O2/c1-12(2)21-15-7-5-14(6-8-15)13(3)19-16(20)11-17(18)9-4-10-17/h5-8,12-13H,4,9-11,18H2,1-3H3,(H,19,20). The number of carbonyl (C=O) groups is 1. The summed E-state index contributed by atoms with van der Waals surface area (Å²) in [4.78, 5) is 12.0. The molecule has 1 aliphatic carbocycles. The lowest BCUT2D eigenvalue weighted by atomic mass is 9.75. The normalized spacial score (nSPS) is 18.0. The van der Waals surface area contributed by atoms with E-state index in [0.29, 0.717) is 6.42 Å². The van der Waals surface area contributed by atoms with Gasteiger partial charge in [0.15, 0.2) is 0 Å². The van der Waals surface area contributed by atoms with Crippen LogP contribution in [0.25, 0.3) is 0 Å². The minimum Gasteiger partial charge on any atom is -0.491 e. The van der Waals surface area contributed by atoms with E-state index in [0.717, 1.165) is 30.6 Å². The molecule has 4 heteroatoms. The summed E-state index contributed by atoms with van der Waals surface area (Å²) in [5.74, 6) is 0.884. The molecule has 0 heterocycles. The maximum absolute atomic E-state index is 12.0. The summed E-state index contributed by atoms with van der Waals surface area (Å²) >= 11 is 0. The van der Waals surface area contributed by atoms with E-state index in [4.69, 9.17) is 10.5 Å². The third kappa shape index (κ3) is 4.46. The summed E-state index contributed by atoms with van der Waals surface area (Å²) < 4.78 is 5.61. The minimum absolute atomic E-state index is 0.0192. The predicted molar refractivity (Wildman–Crippen MR) is 84.2 cm³/mol. The van der Waals surface area contributed by atoms with Crippen molar-refractivity contribution >= 4 is 5.91 Å². The van der Waals surface area contributed by atoms with Gasteiger partial charge in [-0.1, -0.05) is 12.1 Å². The molecule has 1 unspecified atom stereocenters. The van der Waals surface area contributed by atoms with Crippen molar-refractivity contribution in [3.63, 3.8) is 0 Å². The topological polar surface area (TPSA) is 64.3 Å². The summed E-state index contributed by atoms with van der Waals surface area (Å²) in [5, 5.41) is 3.02. The van der Waals surface area contributed by atoms with Gasteiger partial charge in [-0.25, -0.2) is 0 Å². The van der Waals surface area contributed by atoms with Crippen molar-refractivity contribution < 1.29 is 9.53 Å². The molecule has 4 nitrogen and oxygen atoms in total. The van der Waals surface area contributed by atoms with Crippen molar-refractivity contribution in [2.45, 2.75) is 64.1 Å². The smallest absolute Gasteiger partial charge is 0.222 e. The molecule has 116 valence electrons. The van der Waals surface area contributed by atoms with Crippen LogP contribution in [0, 0.1) is 0 Å². The quantitative estimate of drug-likeness (QED) is 0.846. The molecule has 3 N–H and O–H groups in total. The molecule has 2 rings (SSSR count). The fourth-order valence-electron chi connectivity index (χ4n) is 2.61. The highest BCUT2D eigenvalue weighted by atomic mass is 16.5. The van der Waals surface area contributed by atoms with E-state index >= 15 is 0 Å². The zero-order valence-electron chi connectivity index (χ0n) is 13.2. The fraction of sp³-hybridized carbons (Fsp3) is 0.588. The second-order valence-electron chi connectivity index (χ2n) is 6.42. The van der Waals surface area contributed by atoms with Crippen LogP contribution in [-0.4, -0.2) is 17.6 Å². The highest BCUT2D eigenvalue weighted by Gasteiger charge is 2.34. The maximum Gasteiger partial charge on any atom is 0.222 e. The number of nitrogens with two attached hydrogens (primary N) is 1. The van der Waals surface area contributed by atoms with Crippen LogP contribution >= 0.6 is 0 Å². The Balaban J connectivity index is 1.87. The number of amides is 1. The molecule has 1 aromatic carbocycles. The first-order chi connectivity index (χ1) is 9.88. The van der Waals surface area contributed by atoms with Crippen LogP contribution in [0.4, 0.5) is 0 Å². The molecule has 21 heavy (non-hydrogen) atoms. The monoisotopic (exact) mass is 290 g/mol. The van der Waals surface area contributed by atoms with Crippen LogP contribution in [0.5, 0.6) is 5.75 Å². The number of rotatable bonds is 6. The van der Waals surface area contributed by atoms with Crippen LogP contribution in [0.15, 0.2) is 24.3 Å². The third-order valence-electron chi connectivity index (χ3n) is 3.99. The Hall–Kier alpha value is -1.55. The number of hydrogen-bond donors (Lipinski definition) is 2. The number of nitrogens with one attached hydrogen (secondary N) is 1. The number of ether oxygens (including phenoxy) is 1. The first kappa shape index (κ1) is 15.8. The summed E-state index contributed by atoms with van der Waals surface area (Å²) in [5.41, 5.74) is 6.91. The first-order valence-corrected chi connectivity index (χ1v) is 7.73. The first-order valence-electron chi connectivity index (χ1n) is 7.73. The van der Waals surface area contributed by atoms with Gasteiger partial charge >= 0.3 is 0 Å². The van der Waals surface area contributed by atoms with Gasteiger partial charge in [-0.15, -0.1) is 0 Å². The van der Waals surface area contributed by atoms with Gasteiger partial charge in [0.2, 0.25) is 5.91 Å². The van der Waals surface area contributed by atoms with Crippen LogP contribution in [0.1, 0.15) is 58.1 Å². The van der Waals surface area contributed by atoms with Gasteiger partial charge in [-0.3, -0.25) is 4.79 Å². The summed E-state index contributed by atoms with van der Waals surface area (Å²) in [6.07, 6.45) is 3.63. The molecular weight excluding hydrogens is 264 g/mol. The molecule has 0 radical (unpaired) electrons. The highest BCUT2D eigenvalue weighted by Crippen LogP contribution is 2.32.